The molecular formula is C21H25N. The summed E-state index contributed by atoms with van der Waals surface area (Å²) in [5, 5.41) is 2.31. The molecule has 0 aliphatic heterocycles. The van der Waals surface area contributed by atoms with Crippen molar-refractivity contribution in [3.8, 4) is 0 Å². The van der Waals surface area contributed by atoms with Crippen molar-refractivity contribution in [3.63, 3.8) is 0 Å². The van der Waals surface area contributed by atoms with Crippen LogP contribution in [0.4, 0.5) is 5.69 Å². The predicted octanol–water partition coefficient (Wildman–Crippen LogP) is 3.60. The number of nitrogens with zero attached hydrogens (tertiary/aromatic N) is 1. The summed E-state index contributed by atoms with van der Waals surface area (Å²) in [4.78, 5) is 2.11. The standard InChI is InChI=1S/C21H25N/c1-16-6-8-18(3)20(14-16)15-17(2)7-9-19-10-12-21(13-11-19)22(4)5/h6-15,17H,3H2,1-2,4-5H3/b9-7+,20-15-/t17-/m0/s1. The average Bonchev–Trinajstić information content (AvgIpc) is 2.49. The van der Waals surface area contributed by atoms with E-state index in [4.69, 9.17) is 0 Å². The molecule has 0 aliphatic rings. The maximum Gasteiger partial charge on any atom is 0.0361 e. The molecule has 2 aromatic rings. The Balaban J connectivity index is 2.16. The van der Waals surface area contributed by atoms with Crippen LogP contribution >= 0.6 is 0 Å². The number of hydrogen-bond donors (Lipinski definition) is 0. The van der Waals surface area contributed by atoms with Gasteiger partial charge in [-0.15, -0.1) is 0 Å². The van der Waals surface area contributed by atoms with Crippen LogP contribution in [0, 0.1) is 12.8 Å². The van der Waals surface area contributed by atoms with Crippen LogP contribution in [-0.2, 0) is 0 Å². The Hall–Kier alpha value is -2.28. The molecule has 0 N–H and O–H groups in total. The third kappa shape index (κ3) is 4.36. The smallest absolute Gasteiger partial charge is 0.0361 e. The minimum atomic E-state index is 0.371. The van der Waals surface area contributed by atoms with Gasteiger partial charge in [0.25, 0.3) is 0 Å². The van der Waals surface area contributed by atoms with Crippen LogP contribution in [0.1, 0.15) is 18.1 Å². The fourth-order valence-electron chi connectivity index (χ4n) is 2.35. The van der Waals surface area contributed by atoms with E-state index < -0.39 is 0 Å². The lowest BCUT2D eigenvalue weighted by molar-refractivity contribution is 1.000. The van der Waals surface area contributed by atoms with E-state index >= 15 is 0 Å². The number of allylic oxidation sites excluding steroid dienone is 1. The largest absolute Gasteiger partial charge is 0.378 e. The first-order valence-corrected chi connectivity index (χ1v) is 7.69. The Kier molecular flexibility index (Phi) is 5.21. The first kappa shape index (κ1) is 16.1. The second kappa shape index (κ2) is 7.13. The van der Waals surface area contributed by atoms with Crippen molar-refractivity contribution in [2.75, 3.05) is 19.0 Å². The van der Waals surface area contributed by atoms with E-state index in [1.54, 1.807) is 0 Å². The van der Waals surface area contributed by atoms with E-state index in [0.29, 0.717) is 5.92 Å². The fraction of sp³-hybridized carbons (Fsp3) is 0.238. The summed E-state index contributed by atoms with van der Waals surface area (Å²) in [5.74, 6) is 0.371. The number of benzene rings is 2. The zero-order valence-corrected chi connectivity index (χ0v) is 14.0. The normalized spacial score (nSPS) is 13.5. The average molecular weight is 291 g/mol. The Morgan fingerprint density at radius 1 is 1.05 bits per heavy atom. The minimum absolute atomic E-state index is 0.371. The van der Waals surface area contributed by atoms with Gasteiger partial charge in [0.05, 0.1) is 0 Å². The molecular weight excluding hydrogens is 266 g/mol. The highest BCUT2D eigenvalue weighted by molar-refractivity contribution is 5.56. The van der Waals surface area contributed by atoms with Crippen molar-refractivity contribution in [2.24, 2.45) is 5.92 Å². The summed E-state index contributed by atoms with van der Waals surface area (Å²) in [7, 11) is 4.11. The van der Waals surface area contributed by atoms with Gasteiger partial charge in [-0.1, -0.05) is 67.6 Å². The highest BCUT2D eigenvalue weighted by Crippen LogP contribution is 2.14. The van der Waals surface area contributed by atoms with Gasteiger partial charge in [0.2, 0.25) is 0 Å². The lowest BCUT2D eigenvalue weighted by Crippen LogP contribution is -2.23. The molecule has 0 spiro atoms. The van der Waals surface area contributed by atoms with Crippen molar-refractivity contribution in [3.05, 3.63) is 70.1 Å². The Bertz CT molecular complexity index is 751. The maximum atomic E-state index is 4.10. The lowest BCUT2D eigenvalue weighted by Gasteiger charge is -2.11. The van der Waals surface area contributed by atoms with Crippen molar-refractivity contribution in [2.45, 2.75) is 13.8 Å². The van der Waals surface area contributed by atoms with Crippen LogP contribution in [0.25, 0.3) is 18.7 Å². The summed E-state index contributed by atoms with van der Waals surface area (Å²) >= 11 is 0. The summed E-state index contributed by atoms with van der Waals surface area (Å²) in [6.07, 6.45) is 6.67. The molecule has 0 saturated heterocycles. The molecule has 0 bridgehead atoms. The van der Waals surface area contributed by atoms with Crippen molar-refractivity contribution in [1.29, 1.82) is 0 Å². The van der Waals surface area contributed by atoms with Crippen molar-refractivity contribution < 1.29 is 0 Å². The molecule has 0 amide bonds. The van der Waals surface area contributed by atoms with Gasteiger partial charge in [0, 0.05) is 19.8 Å². The van der Waals surface area contributed by atoms with Gasteiger partial charge < -0.3 is 4.90 Å². The van der Waals surface area contributed by atoms with Crippen molar-refractivity contribution in [1.82, 2.24) is 0 Å². The predicted molar refractivity (Wildman–Crippen MR) is 99.4 cm³/mol. The second-order valence-electron chi connectivity index (χ2n) is 6.07. The number of anilines is 1. The molecule has 2 aromatic carbocycles. The molecule has 2 rings (SSSR count). The molecule has 0 unspecified atom stereocenters. The zero-order chi connectivity index (χ0) is 16.1. The molecule has 1 heteroatoms. The molecule has 1 nitrogen and oxygen atoms in total. The monoisotopic (exact) mass is 291 g/mol. The third-order valence-corrected chi connectivity index (χ3v) is 3.75. The SMILES string of the molecule is C=c1ccc(C)c/c1=C/[C@@H](C)/C=C/c1ccc(N(C)C)cc1. The summed E-state index contributed by atoms with van der Waals surface area (Å²) < 4.78 is 0. The summed E-state index contributed by atoms with van der Waals surface area (Å²) in [6, 6.07) is 15.0. The fourth-order valence-corrected chi connectivity index (χ4v) is 2.35. The molecule has 0 heterocycles. The highest BCUT2D eigenvalue weighted by atomic mass is 15.1. The molecule has 0 fully saturated rings. The van der Waals surface area contributed by atoms with Gasteiger partial charge in [-0.3, -0.25) is 0 Å². The molecule has 114 valence electrons. The van der Waals surface area contributed by atoms with Gasteiger partial charge in [0.1, 0.15) is 0 Å². The molecule has 1 atom stereocenters. The van der Waals surface area contributed by atoms with Crippen LogP contribution < -0.4 is 15.3 Å². The van der Waals surface area contributed by atoms with E-state index in [1.807, 2.05) is 0 Å². The topological polar surface area (TPSA) is 3.24 Å². The minimum Gasteiger partial charge on any atom is -0.378 e. The van der Waals surface area contributed by atoms with Gasteiger partial charge in [-0.2, -0.15) is 0 Å². The van der Waals surface area contributed by atoms with Crippen LogP contribution in [0.15, 0.2) is 48.5 Å². The molecule has 0 radical (unpaired) electrons. The Morgan fingerprint density at radius 3 is 2.36 bits per heavy atom. The zero-order valence-electron chi connectivity index (χ0n) is 14.0. The van der Waals surface area contributed by atoms with Crippen LogP contribution in [0.5, 0.6) is 0 Å². The molecule has 22 heavy (non-hydrogen) atoms. The molecule has 0 saturated carbocycles. The second-order valence-corrected chi connectivity index (χ2v) is 6.07. The first-order valence-electron chi connectivity index (χ1n) is 7.69. The van der Waals surface area contributed by atoms with Crippen molar-refractivity contribution >= 4 is 24.4 Å². The highest BCUT2D eigenvalue weighted by Gasteiger charge is 1.95. The van der Waals surface area contributed by atoms with Gasteiger partial charge in [0.15, 0.2) is 0 Å². The van der Waals surface area contributed by atoms with Crippen LogP contribution in [-0.4, -0.2) is 14.1 Å². The van der Waals surface area contributed by atoms with Gasteiger partial charge in [-0.25, -0.2) is 0 Å². The maximum absolute atomic E-state index is 4.10. The lowest BCUT2D eigenvalue weighted by atomic mass is 10.1. The molecule has 0 aromatic heterocycles. The van der Waals surface area contributed by atoms with Crippen LogP contribution in [0.3, 0.4) is 0 Å². The number of rotatable bonds is 4. The van der Waals surface area contributed by atoms with Crippen LogP contribution in [0.2, 0.25) is 0 Å². The number of hydrogen-bond acceptors (Lipinski definition) is 1. The first-order chi connectivity index (χ1) is 10.5. The Labute approximate surface area is 133 Å². The molecule has 0 aliphatic carbocycles. The quantitative estimate of drug-likeness (QED) is 0.832. The third-order valence-electron chi connectivity index (χ3n) is 3.75. The van der Waals surface area contributed by atoms with E-state index in [1.165, 1.54) is 22.0 Å². The summed E-state index contributed by atoms with van der Waals surface area (Å²) in [5.41, 5.74) is 3.72. The van der Waals surface area contributed by atoms with Gasteiger partial charge >= 0.3 is 0 Å². The van der Waals surface area contributed by atoms with E-state index in [9.17, 15) is 0 Å². The van der Waals surface area contributed by atoms with E-state index in [-0.39, 0.29) is 0 Å². The van der Waals surface area contributed by atoms with E-state index in [2.05, 4.69) is 100 Å². The Morgan fingerprint density at radius 2 is 1.73 bits per heavy atom. The van der Waals surface area contributed by atoms with Gasteiger partial charge in [-0.05, 0) is 41.0 Å². The summed E-state index contributed by atoms with van der Waals surface area (Å²) in [6.45, 7) is 8.41. The number of aryl methyl sites for hydroxylation is 1. The van der Waals surface area contributed by atoms with E-state index in [0.717, 1.165) is 5.22 Å².